The Morgan fingerprint density at radius 1 is 1.56 bits per heavy atom. The molecule has 0 radical (unpaired) electrons. The van der Waals surface area contributed by atoms with Crippen LogP contribution in [0.5, 0.6) is 11.5 Å². The highest BCUT2D eigenvalue weighted by atomic mass is 19.1. The molecule has 0 spiro atoms. The van der Waals surface area contributed by atoms with Gasteiger partial charge < -0.3 is 15.6 Å². The highest BCUT2D eigenvalue weighted by Gasteiger charge is 2.39. The first kappa shape index (κ1) is 11.2. The highest BCUT2D eigenvalue weighted by Crippen LogP contribution is 2.42. The van der Waals surface area contributed by atoms with E-state index in [2.05, 4.69) is 0 Å². The minimum absolute atomic E-state index is 0.0927. The van der Waals surface area contributed by atoms with Gasteiger partial charge in [0.1, 0.15) is 0 Å². The topological polar surface area (TPSA) is 55.5 Å². The van der Waals surface area contributed by atoms with Crippen LogP contribution >= 0.6 is 0 Å². The summed E-state index contributed by atoms with van der Waals surface area (Å²) >= 11 is 0. The fraction of sp³-hybridized carbons (Fsp3) is 0.500. The molecule has 16 heavy (non-hydrogen) atoms. The number of hydrogen-bond acceptors (Lipinski definition) is 3. The minimum Gasteiger partial charge on any atom is -0.504 e. The molecule has 2 rings (SSSR count). The molecule has 88 valence electrons. The second-order valence-corrected chi connectivity index (χ2v) is 4.57. The van der Waals surface area contributed by atoms with Gasteiger partial charge in [-0.15, -0.1) is 0 Å². The minimum atomic E-state index is -0.539. The van der Waals surface area contributed by atoms with Crippen molar-refractivity contribution in [1.29, 1.82) is 0 Å². The molecule has 1 aliphatic carbocycles. The summed E-state index contributed by atoms with van der Waals surface area (Å²) in [6.45, 7) is 1.77. The molecule has 4 heteroatoms. The van der Waals surface area contributed by atoms with Gasteiger partial charge in [-0.1, -0.05) is 0 Å². The molecule has 0 aromatic heterocycles. The summed E-state index contributed by atoms with van der Waals surface area (Å²) in [7, 11) is 1.34. The number of aryl methyl sites for hydroxylation is 1. The van der Waals surface area contributed by atoms with Crippen LogP contribution in [0.25, 0.3) is 0 Å². The highest BCUT2D eigenvalue weighted by molar-refractivity contribution is 5.51. The Bertz CT molecular complexity index is 428. The van der Waals surface area contributed by atoms with Crippen LogP contribution in [-0.4, -0.2) is 17.8 Å². The van der Waals surface area contributed by atoms with E-state index >= 15 is 0 Å². The van der Waals surface area contributed by atoms with Crippen molar-refractivity contribution < 1.29 is 14.2 Å². The number of phenols is 1. The van der Waals surface area contributed by atoms with Gasteiger partial charge in [0.15, 0.2) is 17.3 Å². The second kappa shape index (κ2) is 3.63. The number of rotatable bonds is 3. The number of phenolic OH excluding ortho intramolecular Hbond substituents is 1. The van der Waals surface area contributed by atoms with Gasteiger partial charge in [0, 0.05) is 11.1 Å². The molecule has 0 saturated heterocycles. The van der Waals surface area contributed by atoms with Gasteiger partial charge in [-0.25, -0.2) is 4.39 Å². The summed E-state index contributed by atoms with van der Waals surface area (Å²) in [5.41, 5.74) is 7.19. The van der Waals surface area contributed by atoms with Crippen LogP contribution in [0.4, 0.5) is 4.39 Å². The summed E-state index contributed by atoms with van der Waals surface area (Å²) in [6, 6.07) is 1.37. The van der Waals surface area contributed by atoms with Crippen LogP contribution in [0.15, 0.2) is 6.07 Å². The van der Waals surface area contributed by atoms with Crippen LogP contribution < -0.4 is 10.5 Å². The van der Waals surface area contributed by atoms with Crippen molar-refractivity contribution >= 4 is 0 Å². The summed E-state index contributed by atoms with van der Waals surface area (Å²) in [6.07, 6.45) is 2.47. The lowest BCUT2D eigenvalue weighted by Crippen LogP contribution is -2.25. The molecule has 0 atom stereocenters. The van der Waals surface area contributed by atoms with Crippen molar-refractivity contribution in [2.24, 2.45) is 5.73 Å². The maximum absolute atomic E-state index is 13.4. The number of nitrogens with two attached hydrogens (primary N) is 1. The molecule has 1 aromatic rings. The number of benzene rings is 1. The van der Waals surface area contributed by atoms with Crippen LogP contribution in [0.3, 0.4) is 0 Å². The zero-order valence-electron chi connectivity index (χ0n) is 9.51. The van der Waals surface area contributed by atoms with Gasteiger partial charge in [0.05, 0.1) is 7.11 Å². The number of halogens is 1. The molecule has 1 saturated carbocycles. The maximum atomic E-state index is 13.4. The molecular formula is C12H16FNO2. The molecule has 0 bridgehead atoms. The molecule has 0 unspecified atom stereocenters. The van der Waals surface area contributed by atoms with Crippen molar-refractivity contribution in [2.75, 3.05) is 7.11 Å². The molecule has 1 aromatic carbocycles. The van der Waals surface area contributed by atoms with E-state index < -0.39 is 5.82 Å². The predicted molar refractivity (Wildman–Crippen MR) is 59.2 cm³/mol. The first-order chi connectivity index (χ1) is 7.47. The van der Waals surface area contributed by atoms with Crippen LogP contribution in [-0.2, 0) is 6.42 Å². The number of aromatic hydroxyl groups is 1. The first-order valence-electron chi connectivity index (χ1n) is 5.31. The van der Waals surface area contributed by atoms with Crippen molar-refractivity contribution in [2.45, 2.75) is 31.7 Å². The fourth-order valence-electron chi connectivity index (χ4n) is 1.89. The number of hydrogen-bond donors (Lipinski definition) is 2. The fourth-order valence-corrected chi connectivity index (χ4v) is 1.89. The Labute approximate surface area is 94.0 Å². The Kier molecular flexibility index (Phi) is 2.54. The average Bonchev–Trinajstić information content (AvgIpc) is 2.92. The van der Waals surface area contributed by atoms with Crippen molar-refractivity contribution in [3.63, 3.8) is 0 Å². The molecule has 0 amide bonds. The third-order valence-electron chi connectivity index (χ3n) is 3.16. The molecule has 0 heterocycles. The van der Waals surface area contributed by atoms with Crippen molar-refractivity contribution in [3.8, 4) is 11.5 Å². The van der Waals surface area contributed by atoms with Crippen LogP contribution in [0.2, 0.25) is 0 Å². The molecule has 3 N–H and O–H groups in total. The largest absolute Gasteiger partial charge is 0.504 e. The third kappa shape index (κ3) is 1.85. The molecule has 1 aliphatic rings. The second-order valence-electron chi connectivity index (χ2n) is 4.57. The quantitative estimate of drug-likeness (QED) is 0.825. The first-order valence-corrected chi connectivity index (χ1v) is 5.31. The Morgan fingerprint density at radius 3 is 2.69 bits per heavy atom. The van der Waals surface area contributed by atoms with E-state index in [-0.39, 0.29) is 17.0 Å². The molecule has 0 aliphatic heterocycles. The standard InChI is InChI=1S/C12H16FNO2/c1-7-5-9(13)11(16-2)10(15)8(7)6-12(14)3-4-12/h5,15H,3-4,6,14H2,1-2H3. The molecule has 3 nitrogen and oxygen atoms in total. The Balaban J connectivity index is 2.43. The zero-order valence-corrected chi connectivity index (χ0v) is 9.51. The molecule has 1 fully saturated rings. The van der Waals surface area contributed by atoms with Crippen molar-refractivity contribution in [3.05, 3.63) is 23.0 Å². The van der Waals surface area contributed by atoms with Crippen molar-refractivity contribution in [1.82, 2.24) is 0 Å². The maximum Gasteiger partial charge on any atom is 0.196 e. The van der Waals surface area contributed by atoms with Gasteiger partial charge in [-0.3, -0.25) is 0 Å². The van der Waals surface area contributed by atoms with E-state index in [1.54, 1.807) is 6.92 Å². The summed E-state index contributed by atoms with van der Waals surface area (Å²) in [4.78, 5) is 0. The van der Waals surface area contributed by atoms with E-state index in [0.717, 1.165) is 12.8 Å². The lowest BCUT2D eigenvalue weighted by molar-refractivity contribution is 0.347. The lowest BCUT2D eigenvalue weighted by atomic mass is 9.98. The normalized spacial score (nSPS) is 17.2. The summed E-state index contributed by atoms with van der Waals surface area (Å²) in [5, 5.41) is 9.92. The summed E-state index contributed by atoms with van der Waals surface area (Å²) in [5.74, 6) is -0.746. The number of methoxy groups -OCH3 is 1. The summed E-state index contributed by atoms with van der Waals surface area (Å²) < 4.78 is 18.3. The predicted octanol–water partition coefficient (Wildman–Crippen LogP) is 1.88. The van der Waals surface area contributed by atoms with E-state index in [9.17, 15) is 9.50 Å². The zero-order chi connectivity index (χ0) is 11.9. The van der Waals surface area contributed by atoms with Crippen LogP contribution in [0.1, 0.15) is 24.0 Å². The Morgan fingerprint density at radius 2 is 2.19 bits per heavy atom. The van der Waals surface area contributed by atoms with E-state index in [1.807, 2.05) is 0 Å². The van der Waals surface area contributed by atoms with Gasteiger partial charge in [-0.2, -0.15) is 0 Å². The number of ether oxygens (including phenoxy) is 1. The van der Waals surface area contributed by atoms with Gasteiger partial charge >= 0.3 is 0 Å². The van der Waals surface area contributed by atoms with Gasteiger partial charge in [0.2, 0.25) is 0 Å². The van der Waals surface area contributed by atoms with Gasteiger partial charge in [-0.05, 0) is 37.8 Å². The Hall–Kier alpha value is -1.29. The van der Waals surface area contributed by atoms with E-state index in [0.29, 0.717) is 17.5 Å². The average molecular weight is 225 g/mol. The smallest absolute Gasteiger partial charge is 0.196 e. The monoisotopic (exact) mass is 225 g/mol. The van der Waals surface area contributed by atoms with E-state index in [4.69, 9.17) is 10.5 Å². The van der Waals surface area contributed by atoms with Gasteiger partial charge in [0.25, 0.3) is 0 Å². The van der Waals surface area contributed by atoms with Crippen LogP contribution in [0, 0.1) is 12.7 Å². The lowest BCUT2D eigenvalue weighted by Gasteiger charge is -2.15. The third-order valence-corrected chi connectivity index (χ3v) is 3.16. The molecular weight excluding hydrogens is 209 g/mol. The SMILES string of the molecule is COc1c(F)cc(C)c(CC2(N)CC2)c1O. The van der Waals surface area contributed by atoms with E-state index in [1.165, 1.54) is 13.2 Å².